The van der Waals surface area contributed by atoms with Gasteiger partial charge in [-0.3, -0.25) is 0 Å². The van der Waals surface area contributed by atoms with Gasteiger partial charge in [0.05, 0.1) is 33.5 Å². The van der Waals surface area contributed by atoms with Crippen LogP contribution in [0, 0.1) is 13.8 Å². The number of nitrogens with zero attached hydrogens (tertiary/aromatic N) is 4. The van der Waals surface area contributed by atoms with Crippen molar-refractivity contribution in [1.82, 2.24) is 19.9 Å². The van der Waals surface area contributed by atoms with E-state index in [1.165, 1.54) is 0 Å². The highest BCUT2D eigenvalue weighted by Crippen LogP contribution is 2.32. The molecule has 4 heterocycles. The standard InChI is InChI=1S/C46H30N4O4/c1-27-25-39(45(51)53-33-9-5-3-6-10-33)49-43-35(27)21-17-31-19-23-37(47-41(31)43)29-13-15-30(16-14-29)38-24-20-32-18-22-36-28(2)26-40(50-44(36)42(32)48-38)46(52)54-34-11-7-4-8-12-34/h3-26H,1-2H3. The number of hydrogen-bond donors (Lipinski definition) is 0. The van der Waals surface area contributed by atoms with Gasteiger partial charge in [-0.1, -0.05) is 97.1 Å². The van der Waals surface area contributed by atoms with E-state index in [2.05, 4.69) is 0 Å². The molecule has 9 rings (SSSR count). The summed E-state index contributed by atoms with van der Waals surface area (Å²) < 4.78 is 11.2. The van der Waals surface area contributed by atoms with Crippen LogP contribution in [0.5, 0.6) is 11.5 Å². The second kappa shape index (κ2) is 13.3. The van der Waals surface area contributed by atoms with Gasteiger partial charge in [0.25, 0.3) is 0 Å². The van der Waals surface area contributed by atoms with Crippen molar-refractivity contribution in [3.63, 3.8) is 0 Å². The highest BCUT2D eigenvalue weighted by atomic mass is 16.5. The number of fused-ring (bicyclic) bond motifs is 6. The zero-order valence-corrected chi connectivity index (χ0v) is 29.3. The molecule has 0 radical (unpaired) electrons. The minimum absolute atomic E-state index is 0.220. The quantitative estimate of drug-likeness (QED) is 0.0958. The van der Waals surface area contributed by atoms with E-state index in [0.717, 1.165) is 55.2 Å². The second-order valence-electron chi connectivity index (χ2n) is 13.1. The molecular weight excluding hydrogens is 673 g/mol. The Morgan fingerprint density at radius 1 is 0.426 bits per heavy atom. The van der Waals surface area contributed by atoms with Gasteiger partial charge >= 0.3 is 11.9 Å². The van der Waals surface area contributed by atoms with Crippen LogP contribution in [0.15, 0.2) is 146 Å². The van der Waals surface area contributed by atoms with Gasteiger partial charge in [0.2, 0.25) is 0 Å². The Morgan fingerprint density at radius 3 is 1.22 bits per heavy atom. The first kappa shape index (κ1) is 32.6. The summed E-state index contributed by atoms with van der Waals surface area (Å²) in [7, 11) is 0. The first-order valence-corrected chi connectivity index (χ1v) is 17.5. The molecule has 0 aliphatic heterocycles. The normalized spacial score (nSPS) is 11.3. The minimum atomic E-state index is -0.526. The van der Waals surface area contributed by atoms with Crippen LogP contribution in [0.1, 0.15) is 32.1 Å². The molecular formula is C46H30N4O4. The van der Waals surface area contributed by atoms with E-state index in [-0.39, 0.29) is 11.4 Å². The molecule has 0 fully saturated rings. The highest BCUT2D eigenvalue weighted by Gasteiger charge is 2.18. The number of pyridine rings is 4. The molecule has 0 unspecified atom stereocenters. The number of aryl methyl sites for hydroxylation is 2. The fourth-order valence-electron chi connectivity index (χ4n) is 6.72. The Morgan fingerprint density at radius 2 is 0.815 bits per heavy atom. The van der Waals surface area contributed by atoms with Crippen molar-refractivity contribution < 1.29 is 19.1 Å². The first-order valence-electron chi connectivity index (χ1n) is 17.5. The Bertz CT molecular complexity index is 2730. The molecule has 9 aromatic rings. The third kappa shape index (κ3) is 6.05. The molecule has 54 heavy (non-hydrogen) atoms. The lowest BCUT2D eigenvalue weighted by Gasteiger charge is -2.11. The Labute approximate surface area is 309 Å². The van der Waals surface area contributed by atoms with Crippen molar-refractivity contribution in [1.29, 1.82) is 0 Å². The van der Waals surface area contributed by atoms with E-state index in [1.54, 1.807) is 36.4 Å². The molecule has 0 saturated heterocycles. The molecule has 8 heteroatoms. The zero-order valence-electron chi connectivity index (χ0n) is 29.3. The molecule has 0 aliphatic rings. The van der Waals surface area contributed by atoms with Gasteiger partial charge in [0, 0.05) is 32.7 Å². The Balaban J connectivity index is 1.05. The molecule has 5 aromatic carbocycles. The number of benzene rings is 5. The van der Waals surface area contributed by atoms with E-state index in [0.29, 0.717) is 33.6 Å². The number of carbonyl (C=O) groups is 2. The number of hydrogen-bond acceptors (Lipinski definition) is 8. The van der Waals surface area contributed by atoms with E-state index in [4.69, 9.17) is 29.4 Å². The van der Waals surface area contributed by atoms with Crippen LogP contribution < -0.4 is 9.47 Å². The maximum Gasteiger partial charge on any atom is 0.362 e. The van der Waals surface area contributed by atoms with Crippen molar-refractivity contribution in [3.8, 4) is 34.0 Å². The zero-order chi connectivity index (χ0) is 36.8. The summed E-state index contributed by atoms with van der Waals surface area (Å²) in [5, 5.41) is 3.66. The lowest BCUT2D eigenvalue weighted by molar-refractivity contribution is 0.0719. The average Bonchev–Trinajstić information content (AvgIpc) is 3.21. The number of rotatable bonds is 6. The average molecular weight is 703 g/mol. The van der Waals surface area contributed by atoms with Crippen molar-refractivity contribution in [2.24, 2.45) is 0 Å². The molecule has 258 valence electrons. The minimum Gasteiger partial charge on any atom is -0.422 e. The lowest BCUT2D eigenvalue weighted by atomic mass is 10.0. The van der Waals surface area contributed by atoms with Crippen molar-refractivity contribution in [2.75, 3.05) is 0 Å². The third-order valence-corrected chi connectivity index (χ3v) is 9.49. The molecule has 0 atom stereocenters. The van der Waals surface area contributed by atoms with Gasteiger partial charge in [-0.2, -0.15) is 0 Å². The second-order valence-corrected chi connectivity index (χ2v) is 13.1. The molecule has 0 aliphatic carbocycles. The molecule has 0 saturated carbocycles. The number of esters is 2. The Kier molecular flexibility index (Phi) is 8.05. The van der Waals surface area contributed by atoms with Gasteiger partial charge in [-0.25, -0.2) is 29.5 Å². The van der Waals surface area contributed by atoms with Crippen LogP contribution in [-0.2, 0) is 0 Å². The smallest absolute Gasteiger partial charge is 0.362 e. The summed E-state index contributed by atoms with van der Waals surface area (Å²) in [6, 6.07) is 45.6. The van der Waals surface area contributed by atoms with Gasteiger partial charge in [-0.05, 0) is 73.5 Å². The van der Waals surface area contributed by atoms with E-state index in [9.17, 15) is 9.59 Å². The fourth-order valence-corrected chi connectivity index (χ4v) is 6.72. The van der Waals surface area contributed by atoms with Crippen LogP contribution in [0.2, 0.25) is 0 Å². The number of ether oxygens (including phenoxy) is 2. The summed E-state index contributed by atoms with van der Waals surface area (Å²) in [5.74, 6) is -0.138. The van der Waals surface area contributed by atoms with E-state index >= 15 is 0 Å². The van der Waals surface area contributed by atoms with Crippen molar-refractivity contribution in [2.45, 2.75) is 13.8 Å². The molecule has 0 amide bonds. The predicted octanol–water partition coefficient (Wildman–Crippen LogP) is 10.3. The maximum absolute atomic E-state index is 13.1. The van der Waals surface area contributed by atoms with E-state index in [1.807, 2.05) is 123 Å². The first-order chi connectivity index (χ1) is 26.4. The maximum atomic E-state index is 13.1. The molecule has 4 aromatic heterocycles. The molecule has 8 nitrogen and oxygen atoms in total. The van der Waals surface area contributed by atoms with Gasteiger partial charge in [0.1, 0.15) is 22.9 Å². The van der Waals surface area contributed by atoms with Gasteiger partial charge in [-0.15, -0.1) is 0 Å². The van der Waals surface area contributed by atoms with Crippen LogP contribution in [0.3, 0.4) is 0 Å². The van der Waals surface area contributed by atoms with Crippen molar-refractivity contribution >= 4 is 55.6 Å². The summed E-state index contributed by atoms with van der Waals surface area (Å²) in [6.07, 6.45) is 0. The summed E-state index contributed by atoms with van der Waals surface area (Å²) in [6.45, 7) is 3.91. The summed E-state index contributed by atoms with van der Waals surface area (Å²) >= 11 is 0. The topological polar surface area (TPSA) is 104 Å². The molecule has 0 bridgehead atoms. The van der Waals surface area contributed by atoms with E-state index < -0.39 is 11.9 Å². The highest BCUT2D eigenvalue weighted by molar-refractivity contribution is 6.07. The summed E-state index contributed by atoms with van der Waals surface area (Å²) in [5.41, 5.74) is 8.29. The lowest BCUT2D eigenvalue weighted by Crippen LogP contribution is -2.11. The third-order valence-electron chi connectivity index (χ3n) is 9.49. The number of aromatic nitrogens is 4. The fraction of sp³-hybridized carbons (Fsp3) is 0.0435. The largest absolute Gasteiger partial charge is 0.422 e. The number of carbonyl (C=O) groups excluding carboxylic acids is 2. The SMILES string of the molecule is Cc1cc(C(=O)Oc2ccccc2)nc2c1ccc1ccc(-c3ccc(-c4ccc5ccc6c(C)cc(C(=O)Oc7ccccc7)nc6c5n4)cc3)nc12. The summed E-state index contributed by atoms with van der Waals surface area (Å²) in [4.78, 5) is 45.8. The predicted molar refractivity (Wildman–Crippen MR) is 211 cm³/mol. The van der Waals surface area contributed by atoms with Gasteiger partial charge in [0.15, 0.2) is 0 Å². The van der Waals surface area contributed by atoms with Crippen LogP contribution >= 0.6 is 0 Å². The Hall–Kier alpha value is -7.32. The van der Waals surface area contributed by atoms with Crippen LogP contribution in [0.4, 0.5) is 0 Å². The van der Waals surface area contributed by atoms with Crippen LogP contribution in [-0.4, -0.2) is 31.9 Å². The monoisotopic (exact) mass is 702 g/mol. The number of para-hydroxylation sites is 2. The molecule has 0 spiro atoms. The van der Waals surface area contributed by atoms with Crippen LogP contribution in [0.25, 0.3) is 66.1 Å². The molecule has 0 N–H and O–H groups in total. The van der Waals surface area contributed by atoms with Gasteiger partial charge < -0.3 is 9.47 Å². The van der Waals surface area contributed by atoms with Crippen molar-refractivity contribution in [3.05, 3.63) is 168 Å².